The number of hydrogen-bond donors (Lipinski definition) is 0. The molecule has 134 valence electrons. The Bertz CT molecular complexity index is 1010. The number of ether oxygens (including phenoxy) is 3. The number of epoxide rings is 1. The Labute approximate surface area is 157 Å². The fourth-order valence-electron chi connectivity index (χ4n) is 3.95. The van der Waals surface area contributed by atoms with Crippen molar-refractivity contribution < 1.29 is 19.0 Å². The van der Waals surface area contributed by atoms with Crippen LogP contribution in [0.1, 0.15) is 33.7 Å². The molecule has 3 aromatic rings. The van der Waals surface area contributed by atoms with Crippen molar-refractivity contribution in [2.24, 2.45) is 0 Å². The maximum atomic E-state index is 13.5. The smallest absolute Gasteiger partial charge is 0.205 e. The van der Waals surface area contributed by atoms with Crippen LogP contribution in [-0.4, -0.2) is 18.5 Å². The number of para-hydroxylation sites is 2. The average molecular weight is 358 g/mol. The van der Waals surface area contributed by atoms with Crippen molar-refractivity contribution in [3.63, 3.8) is 0 Å². The molecular weight excluding hydrogens is 340 g/mol. The van der Waals surface area contributed by atoms with E-state index in [9.17, 15) is 4.79 Å². The third-order valence-corrected chi connectivity index (χ3v) is 5.29. The van der Waals surface area contributed by atoms with Crippen LogP contribution < -0.4 is 9.47 Å². The van der Waals surface area contributed by atoms with Gasteiger partial charge < -0.3 is 14.2 Å². The second-order valence-corrected chi connectivity index (χ2v) is 6.77. The molecule has 2 aliphatic heterocycles. The summed E-state index contributed by atoms with van der Waals surface area (Å²) in [6, 6.07) is 24.7. The fraction of sp³-hybridized carbons (Fsp3) is 0.174. The second kappa shape index (κ2) is 5.96. The van der Waals surface area contributed by atoms with Crippen molar-refractivity contribution in [1.82, 2.24) is 0 Å². The number of rotatable bonds is 3. The first-order valence-corrected chi connectivity index (χ1v) is 8.92. The Hall–Kier alpha value is -3.11. The summed E-state index contributed by atoms with van der Waals surface area (Å²) in [5, 5.41) is 0. The number of Topliss-reactive ketones (excluding diaryl/α,β-unsaturated/α-hetero) is 1. The van der Waals surface area contributed by atoms with Crippen LogP contribution >= 0.6 is 0 Å². The molecule has 0 aromatic heterocycles. The van der Waals surface area contributed by atoms with Crippen LogP contribution in [0.25, 0.3) is 0 Å². The topological polar surface area (TPSA) is 48.1 Å². The van der Waals surface area contributed by atoms with Gasteiger partial charge in [0.15, 0.2) is 6.10 Å². The van der Waals surface area contributed by atoms with Crippen molar-refractivity contribution in [2.45, 2.75) is 17.8 Å². The molecule has 0 unspecified atom stereocenters. The summed E-state index contributed by atoms with van der Waals surface area (Å²) < 4.78 is 18.0. The van der Waals surface area contributed by atoms with Crippen molar-refractivity contribution in [3.05, 3.63) is 95.6 Å². The summed E-state index contributed by atoms with van der Waals surface area (Å²) in [5.74, 6) is 1.25. The van der Waals surface area contributed by atoms with E-state index in [0.29, 0.717) is 17.1 Å². The summed E-state index contributed by atoms with van der Waals surface area (Å²) in [7, 11) is 1.62. The van der Waals surface area contributed by atoms with Gasteiger partial charge in [-0.3, -0.25) is 4.79 Å². The van der Waals surface area contributed by atoms with Crippen LogP contribution in [0.3, 0.4) is 0 Å². The normalized spacial score (nSPS) is 25.6. The minimum absolute atomic E-state index is 0.0471. The zero-order valence-corrected chi connectivity index (χ0v) is 14.8. The van der Waals surface area contributed by atoms with E-state index in [-0.39, 0.29) is 5.78 Å². The molecule has 27 heavy (non-hydrogen) atoms. The van der Waals surface area contributed by atoms with Crippen LogP contribution in [0.15, 0.2) is 78.9 Å². The Kier molecular flexibility index (Phi) is 3.55. The van der Waals surface area contributed by atoms with Gasteiger partial charge in [0.1, 0.15) is 17.6 Å². The minimum atomic E-state index is -1.08. The SMILES string of the molecule is COc1ccccc1[C@@H]1O[C@@]12C(=O)c1ccccc1O[C@@H]2c1ccccc1. The van der Waals surface area contributed by atoms with E-state index in [1.54, 1.807) is 13.2 Å². The highest BCUT2D eigenvalue weighted by atomic mass is 16.6. The maximum Gasteiger partial charge on any atom is 0.205 e. The number of fused-ring (bicyclic) bond motifs is 1. The molecular formula is C23H18O4. The van der Waals surface area contributed by atoms with Gasteiger partial charge in [-0.15, -0.1) is 0 Å². The summed E-state index contributed by atoms with van der Waals surface area (Å²) >= 11 is 0. The van der Waals surface area contributed by atoms with E-state index in [1.807, 2.05) is 72.8 Å². The first-order chi connectivity index (χ1) is 13.3. The summed E-state index contributed by atoms with van der Waals surface area (Å²) in [6.07, 6.45) is -0.935. The number of carbonyl (C=O) groups excluding carboxylic acids is 1. The number of methoxy groups -OCH3 is 1. The van der Waals surface area contributed by atoms with Gasteiger partial charge in [-0.1, -0.05) is 60.7 Å². The largest absolute Gasteiger partial charge is 0.496 e. The molecule has 4 heteroatoms. The highest BCUT2D eigenvalue weighted by Gasteiger charge is 2.71. The van der Waals surface area contributed by atoms with Gasteiger partial charge in [0.25, 0.3) is 0 Å². The fourth-order valence-corrected chi connectivity index (χ4v) is 3.95. The molecule has 4 nitrogen and oxygen atoms in total. The molecule has 1 saturated heterocycles. The van der Waals surface area contributed by atoms with E-state index in [0.717, 1.165) is 11.1 Å². The molecule has 0 N–H and O–H groups in total. The molecule has 1 spiro atoms. The monoisotopic (exact) mass is 358 g/mol. The lowest BCUT2D eigenvalue weighted by molar-refractivity contribution is 0.0523. The van der Waals surface area contributed by atoms with Gasteiger partial charge in [-0.25, -0.2) is 0 Å². The number of hydrogen-bond acceptors (Lipinski definition) is 4. The maximum absolute atomic E-state index is 13.5. The van der Waals surface area contributed by atoms with Gasteiger partial charge in [0.05, 0.1) is 12.7 Å². The van der Waals surface area contributed by atoms with Crippen molar-refractivity contribution in [3.8, 4) is 11.5 Å². The van der Waals surface area contributed by atoms with Gasteiger partial charge >= 0.3 is 0 Å². The summed E-state index contributed by atoms with van der Waals surface area (Å²) in [4.78, 5) is 13.5. The van der Waals surface area contributed by atoms with Crippen LogP contribution in [0.5, 0.6) is 11.5 Å². The Morgan fingerprint density at radius 3 is 2.37 bits per heavy atom. The first kappa shape index (κ1) is 16.1. The number of carbonyl (C=O) groups is 1. The van der Waals surface area contributed by atoms with E-state index in [2.05, 4.69) is 0 Å². The Morgan fingerprint density at radius 1 is 0.852 bits per heavy atom. The highest BCUT2D eigenvalue weighted by Crippen LogP contribution is 2.63. The predicted molar refractivity (Wildman–Crippen MR) is 100 cm³/mol. The highest BCUT2D eigenvalue weighted by molar-refractivity contribution is 6.08. The quantitative estimate of drug-likeness (QED) is 0.646. The molecule has 1 fully saturated rings. The molecule has 2 heterocycles. The van der Waals surface area contributed by atoms with Crippen LogP contribution in [0.2, 0.25) is 0 Å². The third kappa shape index (κ3) is 2.30. The number of benzene rings is 3. The van der Waals surface area contributed by atoms with E-state index < -0.39 is 17.8 Å². The first-order valence-electron chi connectivity index (χ1n) is 8.92. The standard InChI is InChI=1S/C23H18O4/c1-25-18-13-7-6-12-17(18)22-23(27-22)20(24)16-11-5-8-14-19(16)26-21(23)15-9-3-2-4-10-15/h2-14,21-22H,1H3/t21-,22+,23-/m1/s1. The van der Waals surface area contributed by atoms with Crippen LogP contribution in [-0.2, 0) is 4.74 Å². The van der Waals surface area contributed by atoms with Gasteiger partial charge in [0, 0.05) is 5.56 Å². The van der Waals surface area contributed by atoms with Gasteiger partial charge in [-0.2, -0.15) is 0 Å². The molecule has 0 amide bonds. The van der Waals surface area contributed by atoms with Gasteiger partial charge in [-0.05, 0) is 23.8 Å². The van der Waals surface area contributed by atoms with E-state index in [4.69, 9.17) is 14.2 Å². The number of ketones is 1. The summed E-state index contributed by atoms with van der Waals surface area (Å²) in [5.41, 5.74) is 1.25. The molecule has 5 rings (SSSR count). The second-order valence-electron chi connectivity index (χ2n) is 6.77. The lowest BCUT2D eigenvalue weighted by Gasteiger charge is -2.31. The Morgan fingerprint density at radius 2 is 1.56 bits per heavy atom. The lowest BCUT2D eigenvalue weighted by atomic mass is 9.81. The van der Waals surface area contributed by atoms with Crippen molar-refractivity contribution >= 4 is 5.78 Å². The van der Waals surface area contributed by atoms with Crippen molar-refractivity contribution in [1.29, 1.82) is 0 Å². The molecule has 3 atom stereocenters. The minimum Gasteiger partial charge on any atom is -0.496 e. The molecule has 0 bridgehead atoms. The lowest BCUT2D eigenvalue weighted by Crippen LogP contribution is -2.40. The average Bonchev–Trinajstić information content (AvgIpc) is 3.47. The van der Waals surface area contributed by atoms with Gasteiger partial charge in [0.2, 0.25) is 11.4 Å². The van der Waals surface area contributed by atoms with Crippen molar-refractivity contribution in [2.75, 3.05) is 7.11 Å². The molecule has 3 aromatic carbocycles. The zero-order valence-electron chi connectivity index (χ0n) is 14.8. The zero-order chi connectivity index (χ0) is 18.4. The van der Waals surface area contributed by atoms with Crippen LogP contribution in [0, 0.1) is 0 Å². The molecule has 2 aliphatic rings. The van der Waals surface area contributed by atoms with Crippen LogP contribution in [0.4, 0.5) is 0 Å². The third-order valence-electron chi connectivity index (χ3n) is 5.29. The summed E-state index contributed by atoms with van der Waals surface area (Å²) in [6.45, 7) is 0. The molecule has 0 radical (unpaired) electrons. The van der Waals surface area contributed by atoms with E-state index in [1.165, 1.54) is 0 Å². The molecule has 0 saturated carbocycles. The Balaban J connectivity index is 1.66. The predicted octanol–water partition coefficient (Wildman–Crippen LogP) is 4.52. The van der Waals surface area contributed by atoms with E-state index >= 15 is 0 Å². The molecule has 0 aliphatic carbocycles.